The van der Waals surface area contributed by atoms with Crippen molar-refractivity contribution < 1.29 is 19.1 Å². The number of methoxy groups -OCH3 is 1. The van der Waals surface area contributed by atoms with E-state index in [4.69, 9.17) is 9.47 Å². The number of nitrogens with one attached hydrogen (secondary N) is 1. The highest BCUT2D eigenvalue weighted by Crippen LogP contribution is 2.29. The lowest BCUT2D eigenvalue weighted by Gasteiger charge is -2.25. The summed E-state index contributed by atoms with van der Waals surface area (Å²) in [7, 11) is 1.66. The van der Waals surface area contributed by atoms with E-state index in [0.717, 1.165) is 12.0 Å². The minimum Gasteiger partial charge on any atom is -0.466 e. The molecule has 3 heterocycles. The van der Waals surface area contributed by atoms with E-state index in [0.29, 0.717) is 30.2 Å². The molecular formula is C19H19N3O4. The maximum atomic E-state index is 13.0. The molecular weight excluding hydrogens is 334 g/mol. The van der Waals surface area contributed by atoms with Crippen LogP contribution in [0.3, 0.4) is 0 Å². The number of aromatic nitrogens is 1. The average molecular weight is 353 g/mol. The number of carbonyl (C=O) groups is 2. The summed E-state index contributed by atoms with van der Waals surface area (Å²) >= 11 is 0. The quantitative estimate of drug-likeness (QED) is 0.890. The van der Waals surface area contributed by atoms with Crippen LogP contribution in [0.5, 0.6) is 5.88 Å². The van der Waals surface area contributed by atoms with Crippen LogP contribution in [0.2, 0.25) is 0 Å². The van der Waals surface area contributed by atoms with Gasteiger partial charge in [-0.05, 0) is 23.6 Å². The number of fused-ring (bicyclic) bond motifs is 2. The van der Waals surface area contributed by atoms with E-state index in [2.05, 4.69) is 16.4 Å². The van der Waals surface area contributed by atoms with Crippen molar-refractivity contribution >= 4 is 17.5 Å². The molecule has 1 unspecified atom stereocenters. The number of amides is 2. The number of benzene rings is 1. The van der Waals surface area contributed by atoms with Crippen LogP contribution in [0.4, 0.5) is 5.69 Å². The van der Waals surface area contributed by atoms with Gasteiger partial charge in [0.25, 0.3) is 11.8 Å². The van der Waals surface area contributed by atoms with Crippen molar-refractivity contribution in [2.24, 2.45) is 0 Å². The maximum Gasteiger partial charge on any atom is 0.262 e. The molecule has 4 rings (SSSR count). The Morgan fingerprint density at radius 1 is 1.38 bits per heavy atom. The second kappa shape index (κ2) is 6.76. The monoisotopic (exact) mass is 353 g/mol. The third-order valence-corrected chi connectivity index (χ3v) is 4.72. The lowest BCUT2D eigenvalue weighted by atomic mass is 10.0. The molecule has 2 amide bonds. The van der Waals surface area contributed by atoms with Gasteiger partial charge in [-0.25, -0.2) is 4.98 Å². The molecule has 1 aromatic carbocycles. The number of rotatable bonds is 2. The Hall–Kier alpha value is -2.93. The Kier molecular flexibility index (Phi) is 4.30. The van der Waals surface area contributed by atoms with Gasteiger partial charge in [0.1, 0.15) is 5.69 Å². The summed E-state index contributed by atoms with van der Waals surface area (Å²) in [5.74, 6) is -0.0669. The van der Waals surface area contributed by atoms with Gasteiger partial charge in [-0.3, -0.25) is 9.59 Å². The van der Waals surface area contributed by atoms with Crippen molar-refractivity contribution in [1.29, 1.82) is 0 Å². The minimum atomic E-state index is -0.256. The molecule has 0 saturated carbocycles. The van der Waals surface area contributed by atoms with Gasteiger partial charge in [0.15, 0.2) is 6.61 Å². The average Bonchev–Trinajstić information content (AvgIpc) is 2.86. The van der Waals surface area contributed by atoms with Crippen LogP contribution < -0.4 is 10.1 Å². The van der Waals surface area contributed by atoms with E-state index in [-0.39, 0.29) is 24.5 Å². The summed E-state index contributed by atoms with van der Waals surface area (Å²) in [6, 6.07) is 9.71. The fourth-order valence-electron chi connectivity index (χ4n) is 3.38. The summed E-state index contributed by atoms with van der Waals surface area (Å²) in [5.41, 5.74) is 3.15. The number of nitrogens with zero attached hydrogens (tertiary/aromatic N) is 2. The molecule has 1 aromatic heterocycles. The summed E-state index contributed by atoms with van der Waals surface area (Å²) in [4.78, 5) is 30.4. The van der Waals surface area contributed by atoms with Crippen molar-refractivity contribution in [3.8, 4) is 5.88 Å². The van der Waals surface area contributed by atoms with Crippen LogP contribution in [0.15, 0.2) is 36.5 Å². The van der Waals surface area contributed by atoms with E-state index < -0.39 is 0 Å². The first-order valence-corrected chi connectivity index (χ1v) is 8.48. The van der Waals surface area contributed by atoms with E-state index in [1.165, 1.54) is 11.8 Å². The third kappa shape index (κ3) is 3.01. The van der Waals surface area contributed by atoms with Crippen molar-refractivity contribution in [2.75, 3.05) is 32.1 Å². The molecule has 1 N–H and O–H groups in total. The number of hydrogen-bond acceptors (Lipinski definition) is 5. The zero-order valence-corrected chi connectivity index (χ0v) is 14.4. The predicted molar refractivity (Wildman–Crippen MR) is 94.2 cm³/mol. The molecule has 7 nitrogen and oxygen atoms in total. The molecule has 2 aromatic rings. The molecule has 0 saturated heterocycles. The third-order valence-electron chi connectivity index (χ3n) is 4.72. The molecule has 0 spiro atoms. The normalized spacial score (nSPS) is 18.9. The first-order valence-electron chi connectivity index (χ1n) is 8.48. The van der Waals surface area contributed by atoms with Crippen LogP contribution in [0.25, 0.3) is 0 Å². The van der Waals surface area contributed by atoms with Crippen LogP contribution in [-0.4, -0.2) is 48.5 Å². The summed E-state index contributed by atoms with van der Waals surface area (Å²) in [6.07, 6.45) is 2.07. The van der Waals surface area contributed by atoms with Crippen LogP contribution in [-0.2, 0) is 16.0 Å². The Balaban J connectivity index is 1.59. The molecule has 7 heteroatoms. The fraction of sp³-hybridized carbons (Fsp3) is 0.316. The van der Waals surface area contributed by atoms with E-state index in [1.807, 2.05) is 18.2 Å². The largest absolute Gasteiger partial charge is 0.466 e. The number of anilines is 1. The molecule has 0 fully saturated rings. The summed E-state index contributed by atoms with van der Waals surface area (Å²) < 4.78 is 10.9. The van der Waals surface area contributed by atoms with Crippen molar-refractivity contribution in [1.82, 2.24) is 9.88 Å². The highest BCUT2D eigenvalue weighted by Gasteiger charge is 2.27. The SMILES string of the molecule is COC1CN(C(=O)c2cnc3c(c2)NC(=O)CO3)CCc2ccccc21. The van der Waals surface area contributed by atoms with Gasteiger partial charge in [-0.1, -0.05) is 24.3 Å². The Bertz CT molecular complexity index is 868. The van der Waals surface area contributed by atoms with Crippen molar-refractivity contribution in [3.05, 3.63) is 53.2 Å². The van der Waals surface area contributed by atoms with E-state index in [9.17, 15) is 9.59 Å². The van der Waals surface area contributed by atoms with Crippen LogP contribution in [0, 0.1) is 0 Å². The number of hydrogen-bond donors (Lipinski definition) is 1. The van der Waals surface area contributed by atoms with E-state index in [1.54, 1.807) is 18.1 Å². The Labute approximate surface area is 150 Å². The molecule has 1 atom stereocenters. The van der Waals surface area contributed by atoms with Gasteiger partial charge in [-0.2, -0.15) is 0 Å². The van der Waals surface area contributed by atoms with Crippen molar-refractivity contribution in [3.63, 3.8) is 0 Å². The Morgan fingerprint density at radius 2 is 2.23 bits per heavy atom. The number of pyridine rings is 1. The lowest BCUT2D eigenvalue weighted by molar-refractivity contribution is -0.118. The molecule has 0 bridgehead atoms. The van der Waals surface area contributed by atoms with Gasteiger partial charge < -0.3 is 19.7 Å². The lowest BCUT2D eigenvalue weighted by Crippen LogP contribution is -2.35. The fourth-order valence-corrected chi connectivity index (χ4v) is 3.38. The number of carbonyl (C=O) groups excluding carboxylic acids is 2. The zero-order valence-electron chi connectivity index (χ0n) is 14.4. The first kappa shape index (κ1) is 16.5. The molecule has 0 aliphatic carbocycles. The van der Waals surface area contributed by atoms with Gasteiger partial charge in [0, 0.05) is 19.9 Å². The van der Waals surface area contributed by atoms with E-state index >= 15 is 0 Å². The van der Waals surface area contributed by atoms with Gasteiger partial charge in [0.2, 0.25) is 5.88 Å². The molecule has 134 valence electrons. The minimum absolute atomic E-state index is 0.0623. The second-order valence-corrected chi connectivity index (χ2v) is 6.34. The second-order valence-electron chi connectivity index (χ2n) is 6.34. The summed E-state index contributed by atoms with van der Waals surface area (Å²) in [5, 5.41) is 2.68. The van der Waals surface area contributed by atoms with Gasteiger partial charge in [0.05, 0.1) is 18.2 Å². The first-order chi connectivity index (χ1) is 12.7. The van der Waals surface area contributed by atoms with Crippen LogP contribution in [0.1, 0.15) is 27.6 Å². The molecule has 2 aliphatic rings. The van der Waals surface area contributed by atoms with Crippen LogP contribution >= 0.6 is 0 Å². The maximum absolute atomic E-state index is 13.0. The Morgan fingerprint density at radius 3 is 3.08 bits per heavy atom. The topological polar surface area (TPSA) is 80.8 Å². The highest BCUT2D eigenvalue weighted by molar-refractivity contribution is 5.99. The molecule has 26 heavy (non-hydrogen) atoms. The standard InChI is InChI=1S/C19H19N3O4/c1-25-16-10-22(7-6-12-4-2-3-5-14(12)16)19(24)13-8-15-18(20-9-13)26-11-17(23)21-15/h2-5,8-9,16H,6-7,10-11H2,1H3,(H,21,23). The number of ether oxygens (including phenoxy) is 2. The smallest absolute Gasteiger partial charge is 0.262 e. The predicted octanol–water partition coefficient (Wildman–Crippen LogP) is 1.80. The summed E-state index contributed by atoms with van der Waals surface area (Å²) in [6.45, 7) is 0.995. The molecule has 2 aliphatic heterocycles. The molecule has 0 radical (unpaired) electrons. The zero-order chi connectivity index (χ0) is 18.1. The van der Waals surface area contributed by atoms with Crippen molar-refractivity contribution in [2.45, 2.75) is 12.5 Å². The van der Waals surface area contributed by atoms with Gasteiger partial charge in [-0.15, -0.1) is 0 Å². The highest BCUT2D eigenvalue weighted by atomic mass is 16.5. The van der Waals surface area contributed by atoms with Gasteiger partial charge >= 0.3 is 0 Å².